The van der Waals surface area contributed by atoms with Gasteiger partial charge in [0.05, 0.1) is 19.0 Å². The topological polar surface area (TPSA) is 73.2 Å². The Hall–Kier alpha value is -3.64. The molecule has 6 nitrogen and oxygen atoms in total. The molecule has 1 amide bonds. The minimum atomic E-state index is -0.212. The number of carbonyl (C=O) groups is 2. The summed E-state index contributed by atoms with van der Waals surface area (Å²) in [6.45, 7) is 3.73. The molecule has 0 radical (unpaired) electrons. The van der Waals surface area contributed by atoms with Crippen LogP contribution in [-0.4, -0.2) is 28.5 Å². The third-order valence-electron chi connectivity index (χ3n) is 5.44. The van der Waals surface area contributed by atoms with Gasteiger partial charge in [0, 0.05) is 27.9 Å². The van der Waals surface area contributed by atoms with Gasteiger partial charge in [-0.15, -0.1) is 0 Å². The molecule has 0 fully saturated rings. The number of rotatable bonds is 5. The molecule has 0 aliphatic carbocycles. The number of methoxy groups -OCH3 is 1. The summed E-state index contributed by atoms with van der Waals surface area (Å²) in [5, 5.41) is 4.21. The van der Waals surface area contributed by atoms with Crippen LogP contribution in [0.2, 0.25) is 5.02 Å². The number of fused-ring (bicyclic) bond motifs is 1. The predicted molar refractivity (Wildman–Crippen MR) is 126 cm³/mol. The second kappa shape index (κ2) is 8.85. The zero-order chi connectivity index (χ0) is 22.8. The molecule has 2 heterocycles. The van der Waals surface area contributed by atoms with Gasteiger partial charge >= 0.3 is 0 Å². The Morgan fingerprint density at radius 2 is 1.84 bits per heavy atom. The molecular weight excluding hydrogens is 426 g/mol. The molecule has 0 saturated heterocycles. The summed E-state index contributed by atoms with van der Waals surface area (Å²) in [6.07, 6.45) is 1.72. The summed E-state index contributed by atoms with van der Waals surface area (Å²) >= 11 is 5.98. The van der Waals surface area contributed by atoms with Crippen LogP contribution in [0.5, 0.6) is 5.75 Å². The van der Waals surface area contributed by atoms with Gasteiger partial charge in [-0.25, -0.2) is 4.98 Å². The van der Waals surface area contributed by atoms with Crippen molar-refractivity contribution in [3.63, 3.8) is 0 Å². The van der Waals surface area contributed by atoms with Crippen LogP contribution in [0.25, 0.3) is 10.9 Å². The molecule has 32 heavy (non-hydrogen) atoms. The van der Waals surface area contributed by atoms with Crippen molar-refractivity contribution in [1.82, 2.24) is 9.55 Å². The van der Waals surface area contributed by atoms with Gasteiger partial charge in [0.2, 0.25) is 5.91 Å². The number of hydrogen-bond donors (Lipinski definition) is 1. The fourth-order valence-corrected chi connectivity index (χ4v) is 3.88. The van der Waals surface area contributed by atoms with Gasteiger partial charge in [-0.05, 0) is 73.5 Å². The van der Waals surface area contributed by atoms with Crippen molar-refractivity contribution in [2.24, 2.45) is 0 Å². The van der Waals surface area contributed by atoms with E-state index in [1.165, 1.54) is 0 Å². The van der Waals surface area contributed by atoms with E-state index in [4.69, 9.17) is 16.3 Å². The highest BCUT2D eigenvalue weighted by Crippen LogP contribution is 2.31. The standard InChI is InChI=1S/C25H22ClN3O3/c1-15-5-4-12-27-24(15)28-23(30)14-20-16(2)29(22-11-10-19(32-3)13-21(20)22)25(31)17-6-8-18(26)9-7-17/h4-13H,14H2,1-3H3,(H,27,28,30). The van der Waals surface area contributed by atoms with E-state index in [0.717, 1.165) is 16.5 Å². The largest absolute Gasteiger partial charge is 0.497 e. The molecular formula is C25H22ClN3O3. The van der Waals surface area contributed by atoms with Gasteiger partial charge in [0.25, 0.3) is 5.91 Å². The van der Waals surface area contributed by atoms with Crippen molar-refractivity contribution in [2.75, 3.05) is 12.4 Å². The summed E-state index contributed by atoms with van der Waals surface area (Å²) in [5.74, 6) is 0.766. The van der Waals surface area contributed by atoms with Crippen molar-refractivity contribution in [3.05, 3.63) is 88.2 Å². The van der Waals surface area contributed by atoms with Crippen LogP contribution in [0.1, 0.15) is 27.2 Å². The van der Waals surface area contributed by atoms with Gasteiger partial charge in [-0.2, -0.15) is 0 Å². The Bertz CT molecular complexity index is 1330. The second-order valence-corrected chi connectivity index (χ2v) is 7.92. The molecule has 7 heteroatoms. The second-order valence-electron chi connectivity index (χ2n) is 7.49. The Morgan fingerprint density at radius 1 is 1.09 bits per heavy atom. The highest BCUT2D eigenvalue weighted by atomic mass is 35.5. The zero-order valence-electron chi connectivity index (χ0n) is 18.0. The van der Waals surface area contributed by atoms with Gasteiger partial charge in [-0.1, -0.05) is 17.7 Å². The molecule has 0 saturated carbocycles. The monoisotopic (exact) mass is 447 g/mol. The van der Waals surface area contributed by atoms with Gasteiger partial charge in [0.1, 0.15) is 11.6 Å². The number of pyridine rings is 1. The maximum atomic E-state index is 13.4. The van der Waals surface area contributed by atoms with E-state index in [1.807, 2.05) is 38.1 Å². The molecule has 2 aromatic heterocycles. The number of halogens is 1. The Kier molecular flexibility index (Phi) is 5.97. The molecule has 2 aromatic carbocycles. The molecule has 0 atom stereocenters. The van der Waals surface area contributed by atoms with Crippen LogP contribution in [0.15, 0.2) is 60.8 Å². The average molecular weight is 448 g/mol. The highest BCUT2D eigenvalue weighted by Gasteiger charge is 2.22. The van der Waals surface area contributed by atoms with E-state index >= 15 is 0 Å². The maximum Gasteiger partial charge on any atom is 0.262 e. The Morgan fingerprint density at radius 3 is 2.53 bits per heavy atom. The lowest BCUT2D eigenvalue weighted by molar-refractivity contribution is -0.115. The molecule has 1 N–H and O–H groups in total. The minimum Gasteiger partial charge on any atom is -0.497 e. The number of anilines is 1. The maximum absolute atomic E-state index is 13.4. The van der Waals surface area contributed by atoms with Crippen LogP contribution < -0.4 is 10.1 Å². The van der Waals surface area contributed by atoms with Crippen molar-refractivity contribution in [1.29, 1.82) is 0 Å². The first kappa shape index (κ1) is 21.6. The Labute approximate surface area is 190 Å². The van der Waals surface area contributed by atoms with E-state index in [9.17, 15) is 9.59 Å². The molecule has 0 aliphatic heterocycles. The van der Waals surface area contributed by atoms with Crippen molar-refractivity contribution in [2.45, 2.75) is 20.3 Å². The third kappa shape index (κ3) is 4.09. The fraction of sp³-hybridized carbons (Fsp3) is 0.160. The summed E-state index contributed by atoms with van der Waals surface area (Å²) in [7, 11) is 1.58. The predicted octanol–water partition coefficient (Wildman–Crippen LogP) is 5.18. The molecule has 4 aromatic rings. The van der Waals surface area contributed by atoms with Crippen LogP contribution in [0, 0.1) is 13.8 Å². The quantitative estimate of drug-likeness (QED) is 0.457. The van der Waals surface area contributed by atoms with Gasteiger partial charge in [0.15, 0.2) is 0 Å². The molecule has 0 unspecified atom stereocenters. The number of nitrogens with zero attached hydrogens (tertiary/aromatic N) is 2. The fourth-order valence-electron chi connectivity index (χ4n) is 3.75. The molecule has 0 spiro atoms. The molecule has 4 rings (SSSR count). The van der Waals surface area contributed by atoms with E-state index in [2.05, 4.69) is 10.3 Å². The first-order valence-electron chi connectivity index (χ1n) is 10.1. The Balaban J connectivity index is 1.77. The van der Waals surface area contributed by atoms with E-state index in [0.29, 0.717) is 33.4 Å². The number of hydrogen-bond acceptors (Lipinski definition) is 4. The smallest absolute Gasteiger partial charge is 0.262 e. The lowest BCUT2D eigenvalue weighted by atomic mass is 10.1. The van der Waals surface area contributed by atoms with Crippen molar-refractivity contribution < 1.29 is 14.3 Å². The molecule has 0 aliphatic rings. The number of amides is 1. The van der Waals surface area contributed by atoms with E-state index < -0.39 is 0 Å². The lowest BCUT2D eigenvalue weighted by Gasteiger charge is -2.09. The number of ether oxygens (including phenoxy) is 1. The first-order valence-corrected chi connectivity index (χ1v) is 10.5. The molecule has 0 bridgehead atoms. The van der Waals surface area contributed by atoms with Crippen LogP contribution in [-0.2, 0) is 11.2 Å². The summed E-state index contributed by atoms with van der Waals surface area (Å²) < 4.78 is 7.01. The number of nitrogens with one attached hydrogen (secondary N) is 1. The number of benzene rings is 2. The average Bonchev–Trinajstić information content (AvgIpc) is 3.06. The summed E-state index contributed by atoms with van der Waals surface area (Å²) in [5.41, 5.74) is 3.54. The lowest BCUT2D eigenvalue weighted by Crippen LogP contribution is -2.17. The SMILES string of the molecule is COc1ccc2c(c1)c(CC(=O)Nc1ncccc1C)c(C)n2C(=O)c1ccc(Cl)cc1. The zero-order valence-corrected chi connectivity index (χ0v) is 18.7. The molecule has 162 valence electrons. The normalized spacial score (nSPS) is 10.9. The number of aryl methyl sites for hydroxylation is 1. The van der Waals surface area contributed by atoms with Crippen LogP contribution >= 0.6 is 11.6 Å². The summed E-state index contributed by atoms with van der Waals surface area (Å²) in [4.78, 5) is 30.5. The first-order chi connectivity index (χ1) is 15.4. The third-order valence-corrected chi connectivity index (χ3v) is 5.69. The van der Waals surface area contributed by atoms with Crippen molar-refractivity contribution >= 4 is 40.1 Å². The number of carbonyl (C=O) groups excluding carboxylic acids is 2. The minimum absolute atomic E-state index is 0.0897. The van der Waals surface area contributed by atoms with Crippen LogP contribution in [0.4, 0.5) is 5.82 Å². The van der Waals surface area contributed by atoms with E-state index in [1.54, 1.807) is 48.2 Å². The van der Waals surface area contributed by atoms with Gasteiger partial charge in [-0.3, -0.25) is 14.2 Å². The van der Waals surface area contributed by atoms with Crippen molar-refractivity contribution in [3.8, 4) is 5.75 Å². The van der Waals surface area contributed by atoms with E-state index in [-0.39, 0.29) is 18.2 Å². The summed E-state index contributed by atoms with van der Waals surface area (Å²) in [6, 6.07) is 15.9. The van der Waals surface area contributed by atoms with Gasteiger partial charge < -0.3 is 10.1 Å². The highest BCUT2D eigenvalue weighted by molar-refractivity contribution is 6.30. The number of aromatic nitrogens is 2. The van der Waals surface area contributed by atoms with Crippen LogP contribution in [0.3, 0.4) is 0 Å².